The number of carbonyl (C=O) groups excluding carboxylic acids is 1. The number of rotatable bonds is 5. The standard InChI is InChI=1S/C15H17BrN4O/c1-3-6-17-14-8-13(18-9-19-14)15(21)20-11-5-4-10(2)12(16)7-11/h4-5,7-9H,3,6H2,1-2H3,(H,20,21)(H,17,18,19). The maximum Gasteiger partial charge on any atom is 0.274 e. The molecule has 1 heterocycles. The highest BCUT2D eigenvalue weighted by Crippen LogP contribution is 2.21. The lowest BCUT2D eigenvalue weighted by Gasteiger charge is -2.08. The van der Waals surface area contributed by atoms with Crippen molar-refractivity contribution in [2.24, 2.45) is 0 Å². The Morgan fingerprint density at radius 3 is 2.81 bits per heavy atom. The third-order valence-corrected chi connectivity index (χ3v) is 3.74. The van der Waals surface area contributed by atoms with Crippen molar-refractivity contribution in [1.82, 2.24) is 9.97 Å². The number of benzene rings is 1. The lowest BCUT2D eigenvalue weighted by molar-refractivity contribution is 0.102. The van der Waals surface area contributed by atoms with Gasteiger partial charge in [0.25, 0.3) is 5.91 Å². The fraction of sp³-hybridized carbons (Fsp3) is 0.267. The Morgan fingerprint density at radius 2 is 2.10 bits per heavy atom. The van der Waals surface area contributed by atoms with E-state index in [1.165, 1.54) is 6.33 Å². The van der Waals surface area contributed by atoms with Crippen LogP contribution < -0.4 is 10.6 Å². The molecular weight excluding hydrogens is 332 g/mol. The number of hydrogen-bond acceptors (Lipinski definition) is 4. The van der Waals surface area contributed by atoms with E-state index in [2.05, 4.69) is 43.5 Å². The highest BCUT2D eigenvalue weighted by Gasteiger charge is 2.09. The normalized spacial score (nSPS) is 10.2. The predicted molar refractivity (Wildman–Crippen MR) is 87.6 cm³/mol. The Hall–Kier alpha value is -1.95. The summed E-state index contributed by atoms with van der Waals surface area (Å²) >= 11 is 3.45. The third-order valence-electron chi connectivity index (χ3n) is 2.89. The first kappa shape index (κ1) is 15.4. The van der Waals surface area contributed by atoms with Crippen LogP contribution in [-0.2, 0) is 0 Å². The van der Waals surface area contributed by atoms with Crippen molar-refractivity contribution >= 4 is 33.3 Å². The number of halogens is 1. The Bertz CT molecular complexity index is 645. The SMILES string of the molecule is CCCNc1cc(C(=O)Nc2ccc(C)c(Br)c2)ncn1. The maximum absolute atomic E-state index is 12.2. The van der Waals surface area contributed by atoms with E-state index in [1.807, 2.05) is 25.1 Å². The second kappa shape index (κ2) is 7.17. The zero-order chi connectivity index (χ0) is 15.2. The molecule has 5 nitrogen and oxygen atoms in total. The van der Waals surface area contributed by atoms with Crippen LogP contribution >= 0.6 is 15.9 Å². The average molecular weight is 349 g/mol. The molecule has 2 rings (SSSR count). The molecule has 1 aromatic carbocycles. The smallest absolute Gasteiger partial charge is 0.274 e. The van der Waals surface area contributed by atoms with Gasteiger partial charge in [-0.1, -0.05) is 28.9 Å². The van der Waals surface area contributed by atoms with E-state index in [1.54, 1.807) is 6.07 Å². The van der Waals surface area contributed by atoms with E-state index in [9.17, 15) is 4.79 Å². The van der Waals surface area contributed by atoms with Gasteiger partial charge in [0, 0.05) is 22.8 Å². The summed E-state index contributed by atoms with van der Waals surface area (Å²) in [6.07, 6.45) is 2.38. The van der Waals surface area contributed by atoms with E-state index >= 15 is 0 Å². The summed E-state index contributed by atoms with van der Waals surface area (Å²) in [6.45, 7) is 4.87. The molecule has 2 aromatic rings. The largest absolute Gasteiger partial charge is 0.370 e. The van der Waals surface area contributed by atoms with Gasteiger partial charge in [0.2, 0.25) is 0 Å². The molecule has 6 heteroatoms. The van der Waals surface area contributed by atoms with Gasteiger partial charge in [0.05, 0.1) is 0 Å². The second-order valence-electron chi connectivity index (χ2n) is 4.63. The molecule has 0 fully saturated rings. The van der Waals surface area contributed by atoms with Crippen molar-refractivity contribution < 1.29 is 4.79 Å². The van der Waals surface area contributed by atoms with Crippen molar-refractivity contribution in [2.75, 3.05) is 17.2 Å². The van der Waals surface area contributed by atoms with Gasteiger partial charge in [0.1, 0.15) is 17.8 Å². The lowest BCUT2D eigenvalue weighted by atomic mass is 10.2. The summed E-state index contributed by atoms with van der Waals surface area (Å²) in [5.41, 5.74) is 2.17. The number of nitrogens with zero attached hydrogens (tertiary/aromatic N) is 2. The van der Waals surface area contributed by atoms with Gasteiger partial charge < -0.3 is 10.6 Å². The summed E-state index contributed by atoms with van der Waals surface area (Å²) in [6, 6.07) is 7.31. The number of hydrogen-bond donors (Lipinski definition) is 2. The minimum absolute atomic E-state index is 0.257. The van der Waals surface area contributed by atoms with E-state index in [0.717, 1.165) is 28.7 Å². The molecule has 21 heavy (non-hydrogen) atoms. The molecule has 1 aromatic heterocycles. The van der Waals surface area contributed by atoms with Gasteiger partial charge in [-0.05, 0) is 31.0 Å². The van der Waals surface area contributed by atoms with Crippen LogP contribution in [-0.4, -0.2) is 22.4 Å². The summed E-state index contributed by atoms with van der Waals surface area (Å²) in [5.74, 6) is 0.398. The quantitative estimate of drug-likeness (QED) is 0.865. The molecule has 2 N–H and O–H groups in total. The van der Waals surface area contributed by atoms with E-state index in [4.69, 9.17) is 0 Å². The van der Waals surface area contributed by atoms with Gasteiger partial charge in [-0.25, -0.2) is 9.97 Å². The molecular formula is C15H17BrN4O. The number of aromatic nitrogens is 2. The lowest BCUT2D eigenvalue weighted by Crippen LogP contribution is -2.15. The van der Waals surface area contributed by atoms with Crippen LogP contribution in [0.3, 0.4) is 0 Å². The third kappa shape index (κ3) is 4.26. The molecule has 0 unspecified atom stereocenters. The van der Waals surface area contributed by atoms with Gasteiger partial charge in [-0.3, -0.25) is 4.79 Å². The minimum atomic E-state index is -0.257. The Kier molecular flexibility index (Phi) is 5.27. The van der Waals surface area contributed by atoms with Crippen molar-refractivity contribution in [3.05, 3.63) is 46.3 Å². The van der Waals surface area contributed by atoms with Crippen LogP contribution in [0.4, 0.5) is 11.5 Å². The van der Waals surface area contributed by atoms with E-state index < -0.39 is 0 Å². The van der Waals surface area contributed by atoms with Gasteiger partial charge >= 0.3 is 0 Å². The molecule has 1 amide bonds. The topological polar surface area (TPSA) is 66.9 Å². The minimum Gasteiger partial charge on any atom is -0.370 e. The fourth-order valence-corrected chi connectivity index (χ4v) is 2.08. The predicted octanol–water partition coefficient (Wildman–Crippen LogP) is 3.62. The number of anilines is 2. The molecule has 0 saturated heterocycles. The van der Waals surface area contributed by atoms with Crippen molar-refractivity contribution in [3.8, 4) is 0 Å². The van der Waals surface area contributed by atoms with Crippen molar-refractivity contribution in [2.45, 2.75) is 20.3 Å². The van der Waals surface area contributed by atoms with E-state index in [0.29, 0.717) is 11.5 Å². The van der Waals surface area contributed by atoms with Crippen molar-refractivity contribution in [3.63, 3.8) is 0 Å². The van der Waals surface area contributed by atoms with Gasteiger partial charge in [-0.15, -0.1) is 0 Å². The van der Waals surface area contributed by atoms with Gasteiger partial charge in [0.15, 0.2) is 0 Å². The molecule has 0 atom stereocenters. The molecule has 0 saturated carbocycles. The van der Waals surface area contributed by atoms with Crippen LogP contribution in [0.2, 0.25) is 0 Å². The summed E-state index contributed by atoms with van der Waals surface area (Å²) in [7, 11) is 0. The van der Waals surface area contributed by atoms with Crippen LogP contribution in [0.15, 0.2) is 35.1 Å². The Balaban J connectivity index is 2.10. The zero-order valence-corrected chi connectivity index (χ0v) is 13.6. The zero-order valence-electron chi connectivity index (χ0n) is 12.0. The molecule has 0 aliphatic heterocycles. The summed E-state index contributed by atoms with van der Waals surface area (Å²) < 4.78 is 0.952. The van der Waals surface area contributed by atoms with Crippen LogP contribution in [0.5, 0.6) is 0 Å². The molecule has 0 spiro atoms. The van der Waals surface area contributed by atoms with Crippen LogP contribution in [0.1, 0.15) is 29.4 Å². The second-order valence-corrected chi connectivity index (χ2v) is 5.49. The molecule has 0 radical (unpaired) electrons. The van der Waals surface area contributed by atoms with Crippen LogP contribution in [0.25, 0.3) is 0 Å². The summed E-state index contributed by atoms with van der Waals surface area (Å²) in [5, 5.41) is 5.95. The molecule has 0 aliphatic carbocycles. The maximum atomic E-state index is 12.2. The molecule has 0 aliphatic rings. The first-order chi connectivity index (χ1) is 10.1. The highest BCUT2D eigenvalue weighted by molar-refractivity contribution is 9.10. The Labute approximate surface area is 132 Å². The van der Waals surface area contributed by atoms with E-state index in [-0.39, 0.29) is 5.91 Å². The van der Waals surface area contributed by atoms with Crippen molar-refractivity contribution in [1.29, 1.82) is 0 Å². The first-order valence-electron chi connectivity index (χ1n) is 6.73. The molecule has 0 bridgehead atoms. The number of carbonyl (C=O) groups is 1. The number of nitrogens with one attached hydrogen (secondary N) is 2. The Morgan fingerprint density at radius 1 is 1.29 bits per heavy atom. The summed E-state index contributed by atoms with van der Waals surface area (Å²) in [4.78, 5) is 20.3. The average Bonchev–Trinajstić information content (AvgIpc) is 2.49. The first-order valence-corrected chi connectivity index (χ1v) is 7.53. The monoisotopic (exact) mass is 348 g/mol. The van der Waals surface area contributed by atoms with Gasteiger partial charge in [-0.2, -0.15) is 0 Å². The fourth-order valence-electron chi connectivity index (χ4n) is 1.70. The number of aryl methyl sites for hydroxylation is 1. The highest BCUT2D eigenvalue weighted by atomic mass is 79.9. The number of amides is 1. The van der Waals surface area contributed by atoms with Crippen LogP contribution in [0, 0.1) is 6.92 Å². The molecule has 110 valence electrons.